The molecular formula is C11H18N2S. The lowest BCUT2D eigenvalue weighted by molar-refractivity contribution is 0.327. The molecule has 0 aliphatic carbocycles. The zero-order chi connectivity index (χ0) is 10.1. The van der Waals surface area contributed by atoms with Crippen molar-refractivity contribution in [1.29, 1.82) is 0 Å². The molecule has 2 rings (SSSR count). The first kappa shape index (κ1) is 10.1. The van der Waals surface area contributed by atoms with Crippen LogP contribution in [-0.4, -0.2) is 24.0 Å². The molecule has 2 N–H and O–H groups in total. The Bertz CT molecular complexity index is 319. The van der Waals surface area contributed by atoms with Crippen molar-refractivity contribution in [2.45, 2.75) is 32.9 Å². The maximum atomic E-state index is 5.88. The van der Waals surface area contributed by atoms with Gasteiger partial charge >= 0.3 is 0 Å². The van der Waals surface area contributed by atoms with E-state index in [4.69, 9.17) is 5.73 Å². The maximum Gasteiger partial charge on any atom is 0.0245 e. The predicted molar refractivity (Wildman–Crippen MR) is 61.7 cm³/mol. The van der Waals surface area contributed by atoms with Crippen LogP contribution in [0.5, 0.6) is 0 Å². The summed E-state index contributed by atoms with van der Waals surface area (Å²) in [6.07, 6.45) is 1.15. The Kier molecular flexibility index (Phi) is 2.91. The van der Waals surface area contributed by atoms with Gasteiger partial charge in [-0.2, -0.15) is 0 Å². The number of nitrogens with two attached hydrogens (primary N) is 1. The summed E-state index contributed by atoms with van der Waals surface area (Å²) in [6.45, 7) is 7.70. The van der Waals surface area contributed by atoms with Crippen LogP contribution in [0.4, 0.5) is 0 Å². The van der Waals surface area contributed by atoms with Gasteiger partial charge < -0.3 is 5.73 Å². The summed E-state index contributed by atoms with van der Waals surface area (Å²) in [7, 11) is 0. The average Bonchev–Trinajstić information content (AvgIpc) is 2.61. The Hall–Kier alpha value is -0.380. The normalized spacial score (nSPS) is 23.2. The summed E-state index contributed by atoms with van der Waals surface area (Å²) in [5, 5.41) is 0. The monoisotopic (exact) mass is 210 g/mol. The molecule has 2 heterocycles. The third-order valence-corrected chi connectivity index (χ3v) is 3.85. The number of aryl methyl sites for hydroxylation is 2. The summed E-state index contributed by atoms with van der Waals surface area (Å²) in [5.41, 5.74) is 7.37. The minimum Gasteiger partial charge on any atom is -0.326 e. The summed E-state index contributed by atoms with van der Waals surface area (Å²) in [6, 6.07) is 2.71. The summed E-state index contributed by atoms with van der Waals surface area (Å²) in [5.74, 6) is 0. The van der Waals surface area contributed by atoms with Gasteiger partial charge in [-0.3, -0.25) is 4.90 Å². The highest BCUT2D eigenvalue weighted by Gasteiger charge is 2.19. The standard InChI is InChI=1S/C11H18N2S/c1-8-5-10(9(2)14-8)6-13-4-3-11(12)7-13/h5,11H,3-4,6-7,12H2,1-2H3. The molecule has 0 saturated carbocycles. The first-order chi connectivity index (χ1) is 6.65. The minimum absolute atomic E-state index is 0.398. The zero-order valence-electron chi connectivity index (χ0n) is 8.92. The van der Waals surface area contributed by atoms with Gasteiger partial charge in [0.15, 0.2) is 0 Å². The lowest BCUT2D eigenvalue weighted by atomic mass is 10.2. The van der Waals surface area contributed by atoms with Crippen LogP contribution in [0.1, 0.15) is 21.7 Å². The Labute approximate surface area is 89.7 Å². The van der Waals surface area contributed by atoms with Gasteiger partial charge in [0.1, 0.15) is 0 Å². The lowest BCUT2D eigenvalue weighted by Crippen LogP contribution is -2.26. The van der Waals surface area contributed by atoms with E-state index < -0.39 is 0 Å². The van der Waals surface area contributed by atoms with Crippen molar-refractivity contribution in [1.82, 2.24) is 4.90 Å². The molecule has 0 aromatic carbocycles. The van der Waals surface area contributed by atoms with Crippen LogP contribution in [0.2, 0.25) is 0 Å². The molecule has 1 aliphatic heterocycles. The number of thiophene rings is 1. The summed E-state index contributed by atoms with van der Waals surface area (Å²) in [4.78, 5) is 5.34. The molecule has 0 amide bonds. The van der Waals surface area contributed by atoms with Crippen molar-refractivity contribution >= 4 is 11.3 Å². The van der Waals surface area contributed by atoms with E-state index >= 15 is 0 Å². The number of hydrogen-bond donors (Lipinski definition) is 1. The molecule has 1 aliphatic rings. The van der Waals surface area contributed by atoms with Gasteiger partial charge in [-0.05, 0) is 31.9 Å². The summed E-state index contributed by atoms with van der Waals surface area (Å²) >= 11 is 1.90. The van der Waals surface area contributed by atoms with Gasteiger partial charge in [0.05, 0.1) is 0 Å². The highest BCUT2D eigenvalue weighted by molar-refractivity contribution is 7.12. The first-order valence-corrected chi connectivity index (χ1v) is 6.00. The SMILES string of the molecule is Cc1cc(CN2CCC(N)C2)c(C)s1. The average molecular weight is 210 g/mol. The molecule has 0 radical (unpaired) electrons. The molecule has 1 aromatic rings. The second-order valence-corrected chi connectivity index (χ2v) is 5.68. The molecule has 3 heteroatoms. The van der Waals surface area contributed by atoms with Crippen LogP contribution in [-0.2, 0) is 6.54 Å². The molecule has 1 fully saturated rings. The van der Waals surface area contributed by atoms with Crippen molar-refractivity contribution in [2.75, 3.05) is 13.1 Å². The molecule has 14 heavy (non-hydrogen) atoms. The summed E-state index contributed by atoms with van der Waals surface area (Å²) < 4.78 is 0. The van der Waals surface area contributed by atoms with Crippen molar-refractivity contribution in [3.63, 3.8) is 0 Å². The molecule has 1 atom stereocenters. The number of hydrogen-bond acceptors (Lipinski definition) is 3. The van der Waals surface area contributed by atoms with E-state index in [9.17, 15) is 0 Å². The molecule has 78 valence electrons. The minimum atomic E-state index is 0.398. The highest BCUT2D eigenvalue weighted by Crippen LogP contribution is 2.23. The van der Waals surface area contributed by atoms with Crippen LogP contribution < -0.4 is 5.73 Å². The quantitative estimate of drug-likeness (QED) is 0.808. The van der Waals surface area contributed by atoms with Crippen LogP contribution in [0, 0.1) is 13.8 Å². The largest absolute Gasteiger partial charge is 0.326 e. The molecule has 1 saturated heterocycles. The van der Waals surface area contributed by atoms with Gasteiger partial charge in [0.2, 0.25) is 0 Å². The fourth-order valence-electron chi connectivity index (χ4n) is 2.09. The second kappa shape index (κ2) is 4.01. The van der Waals surface area contributed by atoms with Crippen LogP contribution in [0.15, 0.2) is 6.07 Å². The fraction of sp³-hybridized carbons (Fsp3) is 0.636. The van der Waals surface area contributed by atoms with Crippen molar-refractivity contribution in [3.05, 3.63) is 21.4 Å². The van der Waals surface area contributed by atoms with E-state index in [2.05, 4.69) is 24.8 Å². The van der Waals surface area contributed by atoms with E-state index in [1.807, 2.05) is 11.3 Å². The number of rotatable bonds is 2. The Morgan fingerprint density at radius 2 is 2.36 bits per heavy atom. The van der Waals surface area contributed by atoms with E-state index in [1.165, 1.54) is 15.3 Å². The highest BCUT2D eigenvalue weighted by atomic mass is 32.1. The van der Waals surface area contributed by atoms with E-state index in [0.29, 0.717) is 6.04 Å². The molecule has 1 aromatic heterocycles. The van der Waals surface area contributed by atoms with Gasteiger partial charge in [0.25, 0.3) is 0 Å². The van der Waals surface area contributed by atoms with E-state index in [1.54, 1.807) is 0 Å². The van der Waals surface area contributed by atoms with Gasteiger partial charge in [-0.1, -0.05) is 0 Å². The Morgan fingerprint density at radius 1 is 1.57 bits per heavy atom. The van der Waals surface area contributed by atoms with Crippen molar-refractivity contribution < 1.29 is 0 Å². The van der Waals surface area contributed by atoms with E-state index in [0.717, 1.165) is 26.1 Å². The van der Waals surface area contributed by atoms with Crippen molar-refractivity contribution in [3.8, 4) is 0 Å². The van der Waals surface area contributed by atoms with Crippen LogP contribution in [0.3, 0.4) is 0 Å². The maximum absolute atomic E-state index is 5.88. The predicted octanol–water partition coefficient (Wildman–Crippen LogP) is 1.90. The molecule has 0 bridgehead atoms. The third kappa shape index (κ3) is 2.16. The first-order valence-electron chi connectivity index (χ1n) is 5.19. The molecule has 2 nitrogen and oxygen atoms in total. The van der Waals surface area contributed by atoms with E-state index in [-0.39, 0.29) is 0 Å². The van der Waals surface area contributed by atoms with Crippen LogP contribution >= 0.6 is 11.3 Å². The zero-order valence-corrected chi connectivity index (χ0v) is 9.73. The molecular weight excluding hydrogens is 192 g/mol. The molecule has 0 spiro atoms. The second-order valence-electron chi connectivity index (χ2n) is 4.22. The molecule has 1 unspecified atom stereocenters. The smallest absolute Gasteiger partial charge is 0.0245 e. The Balaban J connectivity index is 2.00. The van der Waals surface area contributed by atoms with Crippen LogP contribution in [0.25, 0.3) is 0 Å². The van der Waals surface area contributed by atoms with Crippen molar-refractivity contribution in [2.24, 2.45) is 5.73 Å². The number of likely N-dealkylation sites (tertiary alicyclic amines) is 1. The van der Waals surface area contributed by atoms with Gasteiger partial charge in [0, 0.05) is 35.4 Å². The lowest BCUT2D eigenvalue weighted by Gasteiger charge is -2.14. The Morgan fingerprint density at radius 3 is 2.86 bits per heavy atom. The third-order valence-electron chi connectivity index (χ3n) is 2.85. The number of nitrogens with zero attached hydrogens (tertiary/aromatic N) is 1. The fourth-order valence-corrected chi connectivity index (χ4v) is 3.03. The van der Waals surface area contributed by atoms with Gasteiger partial charge in [-0.25, -0.2) is 0 Å². The van der Waals surface area contributed by atoms with Gasteiger partial charge in [-0.15, -0.1) is 11.3 Å². The topological polar surface area (TPSA) is 29.3 Å².